The Hall–Kier alpha value is -0.930. The van der Waals surface area contributed by atoms with Gasteiger partial charge in [0, 0.05) is 0 Å². The Labute approximate surface area is 84.6 Å². The molecule has 0 aliphatic carbocycles. The van der Waals surface area contributed by atoms with Crippen LogP contribution in [0.25, 0.3) is 0 Å². The molecule has 0 spiro atoms. The van der Waals surface area contributed by atoms with E-state index in [1.165, 1.54) is 0 Å². The third-order valence-electron chi connectivity index (χ3n) is 1.64. The number of fused-ring (bicyclic) bond motifs is 1. The zero-order valence-corrected chi connectivity index (χ0v) is 7.89. The Balaban J connectivity index is 2.44. The number of carbonyl (C=O) groups is 1. The number of rotatable bonds is 0. The lowest BCUT2D eigenvalue weighted by molar-refractivity contribution is -0.122. The average molecular weight is 218 g/mol. The second kappa shape index (κ2) is 2.79. The van der Waals surface area contributed by atoms with Crippen LogP contribution in [0.2, 0.25) is 0 Å². The van der Waals surface area contributed by atoms with E-state index in [1.807, 2.05) is 0 Å². The highest BCUT2D eigenvalue weighted by atomic mass is 35.5. The van der Waals surface area contributed by atoms with Crippen molar-refractivity contribution in [1.29, 1.82) is 0 Å². The zero-order valence-electron chi connectivity index (χ0n) is 6.38. The van der Waals surface area contributed by atoms with E-state index in [9.17, 15) is 4.79 Å². The summed E-state index contributed by atoms with van der Waals surface area (Å²) in [6.07, 6.45) is 0. The maximum absolute atomic E-state index is 11.2. The van der Waals surface area contributed by atoms with Gasteiger partial charge in [-0.05, 0) is 35.3 Å². The smallest absolute Gasteiger partial charge is 0.339 e. The molecule has 0 atom stereocenters. The second-order valence-electron chi connectivity index (χ2n) is 2.57. The number of halogens is 2. The molecule has 68 valence electrons. The summed E-state index contributed by atoms with van der Waals surface area (Å²) in [6, 6.07) is 6.92. The number of para-hydroxylation sites is 2. The normalized spacial score (nSPS) is 18.5. The molecule has 13 heavy (non-hydrogen) atoms. The van der Waals surface area contributed by atoms with Crippen molar-refractivity contribution in [2.45, 2.75) is 4.52 Å². The molecule has 1 aromatic rings. The van der Waals surface area contributed by atoms with Crippen LogP contribution in [0, 0.1) is 0 Å². The molecule has 0 fully saturated rings. The number of amides is 1. The number of hydrogen-bond acceptors (Lipinski definition) is 2. The number of anilines is 1. The van der Waals surface area contributed by atoms with Crippen molar-refractivity contribution in [3.8, 4) is 5.75 Å². The highest BCUT2D eigenvalue weighted by molar-refractivity contribution is 6.58. The number of benzene rings is 1. The molecule has 1 aliphatic rings. The fourth-order valence-electron chi connectivity index (χ4n) is 1.04. The summed E-state index contributed by atoms with van der Waals surface area (Å²) in [4.78, 5) is 11.2. The van der Waals surface area contributed by atoms with E-state index < -0.39 is 10.4 Å². The maximum atomic E-state index is 11.2. The number of nitrogens with one attached hydrogen (secondary N) is 1. The lowest BCUT2D eigenvalue weighted by Gasteiger charge is -2.27. The van der Waals surface area contributed by atoms with E-state index in [2.05, 4.69) is 5.32 Å². The van der Waals surface area contributed by atoms with Gasteiger partial charge in [0.2, 0.25) is 0 Å². The van der Waals surface area contributed by atoms with Gasteiger partial charge in [0.15, 0.2) is 0 Å². The van der Waals surface area contributed by atoms with Gasteiger partial charge in [0.1, 0.15) is 5.75 Å². The van der Waals surface area contributed by atoms with Crippen molar-refractivity contribution in [3.63, 3.8) is 0 Å². The van der Waals surface area contributed by atoms with Crippen LogP contribution in [0.5, 0.6) is 5.75 Å². The number of carbonyl (C=O) groups excluding carboxylic acids is 1. The van der Waals surface area contributed by atoms with Gasteiger partial charge in [-0.2, -0.15) is 0 Å². The van der Waals surface area contributed by atoms with Crippen LogP contribution in [-0.4, -0.2) is 10.4 Å². The van der Waals surface area contributed by atoms with Crippen LogP contribution >= 0.6 is 23.2 Å². The summed E-state index contributed by atoms with van der Waals surface area (Å²) in [5.74, 6) is -0.110. The molecule has 1 heterocycles. The van der Waals surface area contributed by atoms with Crippen LogP contribution in [0.4, 0.5) is 5.69 Å². The molecule has 0 unspecified atom stereocenters. The Morgan fingerprint density at radius 1 is 1.31 bits per heavy atom. The first-order chi connectivity index (χ1) is 6.09. The number of alkyl halides is 2. The third kappa shape index (κ3) is 1.45. The quantitative estimate of drug-likeness (QED) is 0.677. The summed E-state index contributed by atoms with van der Waals surface area (Å²) in [7, 11) is 0. The first-order valence-electron chi connectivity index (χ1n) is 3.57. The highest BCUT2D eigenvalue weighted by Gasteiger charge is 2.40. The van der Waals surface area contributed by atoms with E-state index >= 15 is 0 Å². The van der Waals surface area contributed by atoms with Gasteiger partial charge in [-0.15, -0.1) is 0 Å². The Kier molecular flexibility index (Phi) is 1.86. The summed E-state index contributed by atoms with van der Waals surface area (Å²) < 4.78 is 3.23. The number of hydrogen-bond donors (Lipinski definition) is 1. The van der Waals surface area contributed by atoms with E-state index in [4.69, 9.17) is 27.9 Å². The molecular weight excluding hydrogens is 213 g/mol. The van der Waals surface area contributed by atoms with E-state index in [-0.39, 0.29) is 0 Å². The first-order valence-corrected chi connectivity index (χ1v) is 4.32. The van der Waals surface area contributed by atoms with Crippen molar-refractivity contribution in [2.75, 3.05) is 5.32 Å². The fraction of sp³-hybridized carbons (Fsp3) is 0.125. The van der Waals surface area contributed by atoms with Gasteiger partial charge in [0.25, 0.3) is 0 Å². The average Bonchev–Trinajstić information content (AvgIpc) is 2.06. The monoisotopic (exact) mass is 217 g/mol. The summed E-state index contributed by atoms with van der Waals surface area (Å²) in [5.41, 5.74) is 0.574. The van der Waals surface area contributed by atoms with E-state index in [1.54, 1.807) is 24.3 Å². The number of ether oxygens (including phenoxy) is 1. The van der Waals surface area contributed by atoms with Gasteiger partial charge in [-0.25, -0.2) is 0 Å². The molecule has 0 radical (unpaired) electrons. The molecule has 0 saturated heterocycles. The summed E-state index contributed by atoms with van der Waals surface area (Å²) in [5, 5.41) is 2.52. The van der Waals surface area contributed by atoms with Gasteiger partial charge in [-0.3, -0.25) is 4.79 Å². The maximum Gasteiger partial charge on any atom is 0.339 e. The van der Waals surface area contributed by atoms with Gasteiger partial charge < -0.3 is 10.1 Å². The molecule has 1 N–H and O–H groups in total. The fourth-order valence-corrected chi connectivity index (χ4v) is 1.30. The molecule has 1 amide bonds. The zero-order chi connectivity index (χ0) is 9.47. The van der Waals surface area contributed by atoms with Gasteiger partial charge in [0.05, 0.1) is 5.69 Å². The van der Waals surface area contributed by atoms with Crippen LogP contribution in [0.3, 0.4) is 0 Å². The molecule has 0 aromatic heterocycles. The standard InChI is InChI=1S/C8H5Cl2NO2/c9-8(10)7(12)11-5-3-1-2-4-6(5)13-8/h1-4H,(H,11,12). The predicted molar refractivity (Wildman–Crippen MR) is 50.1 cm³/mol. The molecule has 0 bridgehead atoms. The molecule has 5 heteroatoms. The van der Waals surface area contributed by atoms with E-state index in [0.29, 0.717) is 11.4 Å². The minimum Gasteiger partial charge on any atom is -0.448 e. The van der Waals surface area contributed by atoms with E-state index in [0.717, 1.165) is 0 Å². The van der Waals surface area contributed by atoms with Crippen molar-refractivity contribution in [1.82, 2.24) is 0 Å². The Morgan fingerprint density at radius 3 is 2.77 bits per heavy atom. The first kappa shape index (κ1) is 8.66. The SMILES string of the molecule is O=C1Nc2ccccc2OC1(Cl)Cl. The summed E-state index contributed by atoms with van der Waals surface area (Å²) >= 11 is 11.2. The molecule has 2 rings (SSSR count). The predicted octanol–water partition coefficient (Wildman–Crippen LogP) is 2.15. The Bertz CT molecular complexity index is 365. The molecule has 3 nitrogen and oxygen atoms in total. The van der Waals surface area contributed by atoms with Crippen LogP contribution in [-0.2, 0) is 4.79 Å². The third-order valence-corrected chi connectivity index (χ3v) is 2.14. The van der Waals surface area contributed by atoms with Crippen LogP contribution in [0.1, 0.15) is 0 Å². The minimum atomic E-state index is -1.83. The highest BCUT2D eigenvalue weighted by Crippen LogP contribution is 2.37. The lowest BCUT2D eigenvalue weighted by atomic mass is 10.2. The van der Waals surface area contributed by atoms with Gasteiger partial charge >= 0.3 is 10.4 Å². The molecule has 1 aromatic carbocycles. The molecule has 0 saturated carbocycles. The Morgan fingerprint density at radius 2 is 2.00 bits per heavy atom. The molecule has 1 aliphatic heterocycles. The molecular formula is C8H5Cl2NO2. The van der Waals surface area contributed by atoms with Crippen molar-refractivity contribution in [3.05, 3.63) is 24.3 Å². The van der Waals surface area contributed by atoms with Crippen molar-refractivity contribution >= 4 is 34.8 Å². The minimum absolute atomic E-state index is 0.465. The van der Waals surface area contributed by atoms with Crippen molar-refractivity contribution in [2.24, 2.45) is 0 Å². The van der Waals surface area contributed by atoms with Crippen LogP contribution in [0.15, 0.2) is 24.3 Å². The van der Waals surface area contributed by atoms with Crippen molar-refractivity contribution < 1.29 is 9.53 Å². The topological polar surface area (TPSA) is 38.3 Å². The lowest BCUT2D eigenvalue weighted by Crippen LogP contribution is -2.41. The van der Waals surface area contributed by atoms with Gasteiger partial charge in [-0.1, -0.05) is 12.1 Å². The summed E-state index contributed by atoms with van der Waals surface area (Å²) in [6.45, 7) is 0. The van der Waals surface area contributed by atoms with Crippen LogP contribution < -0.4 is 10.1 Å². The largest absolute Gasteiger partial charge is 0.448 e. The second-order valence-corrected chi connectivity index (χ2v) is 3.83.